The molecule has 0 unspecified atom stereocenters. The second-order valence-corrected chi connectivity index (χ2v) is 19.6. The zero-order valence-corrected chi connectivity index (χ0v) is 37.0. The van der Waals surface area contributed by atoms with Gasteiger partial charge in [-0.05, 0) is 104 Å². The van der Waals surface area contributed by atoms with E-state index >= 15 is 0 Å². The third-order valence-corrected chi connectivity index (χ3v) is 12.0. The number of fused-ring (bicyclic) bond motifs is 3. The predicted octanol–water partition coefficient (Wildman–Crippen LogP) is 15.0. The molecule has 0 aliphatic carbocycles. The van der Waals surface area contributed by atoms with Crippen molar-refractivity contribution in [2.75, 3.05) is 16.5 Å². The van der Waals surface area contributed by atoms with Gasteiger partial charge in [0.2, 0.25) is 0 Å². The van der Waals surface area contributed by atoms with Crippen LogP contribution in [0.25, 0.3) is 49.9 Å². The molecule has 0 saturated heterocycles. The maximum Gasteiger partial charge on any atom is 0.137 e. The number of ether oxygens (including phenoxy) is 1. The number of hydrogen-bond acceptors (Lipinski definition) is 4. The molecule has 0 fully saturated rings. The maximum absolute atomic E-state index is 6.93. The van der Waals surface area contributed by atoms with Crippen LogP contribution in [0.2, 0.25) is 0 Å². The Bertz CT molecular complexity index is 2920. The van der Waals surface area contributed by atoms with Crippen molar-refractivity contribution in [2.24, 2.45) is 0 Å². The highest BCUT2D eigenvalue weighted by molar-refractivity contribution is 6.09. The Morgan fingerprint density at radius 1 is 0.475 bits per heavy atom. The normalized spacial score (nSPS) is 13.5. The van der Waals surface area contributed by atoms with Gasteiger partial charge in [0.15, 0.2) is 0 Å². The molecule has 1 aliphatic heterocycles. The van der Waals surface area contributed by atoms with Crippen LogP contribution in [0.1, 0.15) is 79.0 Å². The highest BCUT2D eigenvalue weighted by Gasteiger charge is 2.24. The number of aromatic nitrogens is 2. The van der Waals surface area contributed by atoms with Gasteiger partial charge in [-0.1, -0.05) is 141 Å². The van der Waals surface area contributed by atoms with Crippen molar-refractivity contribution >= 4 is 33.2 Å². The number of benzene rings is 6. The Labute approximate surface area is 361 Å². The first-order valence-corrected chi connectivity index (χ1v) is 21.5. The molecule has 0 saturated carbocycles. The topological polar surface area (TPSA) is 33.5 Å². The third-order valence-electron chi connectivity index (χ3n) is 12.0. The van der Waals surface area contributed by atoms with E-state index in [0.717, 1.165) is 50.6 Å². The highest BCUT2D eigenvalue weighted by atomic mass is 16.5. The SMILES string of the molecule is CC(C)(C)c1ccnc(-n2c3cc(Oc4cc(-c5ccccc5)cc(N5C=CN(c6ccc(C(C)(C)C)cc6-c6ccccc6)C5)c4)ccc3c3ccc(C(C)(C)C)cc32)c1. The summed E-state index contributed by atoms with van der Waals surface area (Å²) in [4.78, 5) is 9.61. The van der Waals surface area contributed by atoms with E-state index < -0.39 is 0 Å². The first-order valence-electron chi connectivity index (χ1n) is 21.5. The van der Waals surface area contributed by atoms with Crippen molar-refractivity contribution in [3.63, 3.8) is 0 Å². The predicted molar refractivity (Wildman–Crippen MR) is 257 cm³/mol. The molecule has 306 valence electrons. The molecule has 0 amide bonds. The zero-order valence-electron chi connectivity index (χ0n) is 37.0. The van der Waals surface area contributed by atoms with Crippen molar-refractivity contribution in [3.8, 4) is 39.6 Å². The fourth-order valence-electron chi connectivity index (χ4n) is 8.37. The molecule has 8 aromatic rings. The fraction of sp³-hybridized carbons (Fsp3) is 0.232. The quantitative estimate of drug-likeness (QED) is 0.161. The highest BCUT2D eigenvalue weighted by Crippen LogP contribution is 2.41. The summed E-state index contributed by atoms with van der Waals surface area (Å²) < 4.78 is 9.24. The number of nitrogens with zero attached hydrogens (tertiary/aromatic N) is 4. The van der Waals surface area contributed by atoms with Crippen LogP contribution < -0.4 is 14.5 Å². The van der Waals surface area contributed by atoms with Crippen LogP contribution in [0.4, 0.5) is 11.4 Å². The largest absolute Gasteiger partial charge is 0.457 e. The molecule has 0 atom stereocenters. The standard InChI is InChI=1S/C56H56N4O/c1-54(2,3)41-21-25-50(49(32-41)39-18-14-11-15-19-39)59-29-28-58(37-59)44-30-40(38-16-12-10-13-17-38)31-46(35-44)61-45-22-24-48-47-23-20-42(55(4,5)6)33-51(47)60(52(48)36-45)53-34-43(26-27-57-53)56(7,8)9/h10-36H,37H2,1-9H3. The summed E-state index contributed by atoms with van der Waals surface area (Å²) in [7, 11) is 0. The number of rotatable bonds is 7. The van der Waals surface area contributed by atoms with Crippen LogP contribution in [0, 0.1) is 0 Å². The van der Waals surface area contributed by atoms with E-state index in [1.807, 2.05) is 6.20 Å². The van der Waals surface area contributed by atoms with Gasteiger partial charge in [0.1, 0.15) is 17.3 Å². The van der Waals surface area contributed by atoms with Gasteiger partial charge < -0.3 is 14.5 Å². The van der Waals surface area contributed by atoms with Crippen LogP contribution in [-0.4, -0.2) is 16.2 Å². The van der Waals surface area contributed by atoms with Gasteiger partial charge in [0.25, 0.3) is 0 Å². The van der Waals surface area contributed by atoms with Gasteiger partial charge in [-0.3, -0.25) is 4.57 Å². The lowest BCUT2D eigenvalue weighted by molar-refractivity contribution is 0.483. The Balaban J connectivity index is 1.11. The Kier molecular flexibility index (Phi) is 9.90. The second-order valence-electron chi connectivity index (χ2n) is 19.6. The van der Waals surface area contributed by atoms with Gasteiger partial charge in [0.05, 0.1) is 23.4 Å². The maximum atomic E-state index is 6.93. The minimum Gasteiger partial charge on any atom is -0.457 e. The first kappa shape index (κ1) is 39.8. The molecule has 0 spiro atoms. The van der Waals surface area contributed by atoms with Crippen LogP contribution in [0.15, 0.2) is 164 Å². The summed E-state index contributed by atoms with van der Waals surface area (Å²) in [5.41, 5.74) is 12.9. The van der Waals surface area contributed by atoms with Gasteiger partial charge in [-0.2, -0.15) is 0 Å². The van der Waals surface area contributed by atoms with Gasteiger partial charge >= 0.3 is 0 Å². The molecule has 1 aliphatic rings. The first-order chi connectivity index (χ1) is 29.1. The van der Waals surface area contributed by atoms with Crippen LogP contribution in [-0.2, 0) is 16.2 Å². The van der Waals surface area contributed by atoms with Crippen molar-refractivity contribution < 1.29 is 4.74 Å². The van der Waals surface area contributed by atoms with E-state index in [1.165, 1.54) is 38.9 Å². The van der Waals surface area contributed by atoms with Crippen molar-refractivity contribution in [3.05, 3.63) is 181 Å². The average Bonchev–Trinajstić information content (AvgIpc) is 3.86. The summed E-state index contributed by atoms with van der Waals surface area (Å²) in [5.74, 6) is 2.44. The fourth-order valence-corrected chi connectivity index (χ4v) is 8.37. The third kappa shape index (κ3) is 7.93. The van der Waals surface area contributed by atoms with Gasteiger partial charge in [-0.25, -0.2) is 4.98 Å². The summed E-state index contributed by atoms with van der Waals surface area (Å²) in [6.45, 7) is 21.0. The van der Waals surface area contributed by atoms with Gasteiger partial charge in [0, 0.05) is 52.8 Å². The lowest BCUT2D eigenvalue weighted by atomic mass is 9.85. The number of pyridine rings is 1. The molecule has 2 aromatic heterocycles. The molecule has 9 rings (SSSR count). The molecule has 5 nitrogen and oxygen atoms in total. The van der Waals surface area contributed by atoms with E-state index in [1.54, 1.807) is 0 Å². The number of hydrogen-bond donors (Lipinski definition) is 0. The zero-order chi connectivity index (χ0) is 42.7. The Morgan fingerprint density at radius 3 is 1.75 bits per heavy atom. The Hall–Kier alpha value is -6.59. The molecular formula is C56H56N4O. The van der Waals surface area contributed by atoms with E-state index in [-0.39, 0.29) is 16.2 Å². The molecular weight excluding hydrogens is 745 g/mol. The summed E-state index contributed by atoms with van der Waals surface area (Å²) in [6.07, 6.45) is 6.31. The van der Waals surface area contributed by atoms with Crippen molar-refractivity contribution in [1.82, 2.24) is 9.55 Å². The average molecular weight is 801 g/mol. The summed E-state index contributed by atoms with van der Waals surface area (Å²) in [5, 5.41) is 2.36. The summed E-state index contributed by atoms with van der Waals surface area (Å²) in [6, 6.07) is 52.5. The lowest BCUT2D eigenvalue weighted by Gasteiger charge is -2.27. The van der Waals surface area contributed by atoms with Gasteiger partial charge in [-0.15, -0.1) is 0 Å². The van der Waals surface area contributed by atoms with Crippen molar-refractivity contribution in [2.45, 2.75) is 78.6 Å². The number of anilines is 2. The second kappa shape index (κ2) is 15.1. The Morgan fingerprint density at radius 2 is 1.07 bits per heavy atom. The minimum absolute atomic E-state index is 0.00542. The van der Waals surface area contributed by atoms with Crippen LogP contribution in [0.3, 0.4) is 0 Å². The summed E-state index contributed by atoms with van der Waals surface area (Å²) >= 11 is 0. The van der Waals surface area contributed by atoms with Crippen LogP contribution >= 0.6 is 0 Å². The minimum atomic E-state index is -0.0224. The van der Waals surface area contributed by atoms with Crippen molar-refractivity contribution in [1.29, 1.82) is 0 Å². The lowest BCUT2D eigenvalue weighted by Crippen LogP contribution is -2.25. The monoisotopic (exact) mass is 800 g/mol. The molecule has 6 aromatic carbocycles. The van der Waals surface area contributed by atoms with E-state index in [4.69, 9.17) is 9.72 Å². The van der Waals surface area contributed by atoms with E-state index in [9.17, 15) is 0 Å². The molecule has 61 heavy (non-hydrogen) atoms. The molecule has 0 bridgehead atoms. The van der Waals surface area contributed by atoms with E-state index in [0.29, 0.717) is 6.67 Å². The molecule has 0 N–H and O–H groups in total. The molecule has 3 heterocycles. The molecule has 0 radical (unpaired) electrons. The van der Waals surface area contributed by atoms with Crippen LogP contribution in [0.5, 0.6) is 11.5 Å². The van der Waals surface area contributed by atoms with E-state index in [2.05, 4.69) is 235 Å². The smallest absolute Gasteiger partial charge is 0.137 e. The molecule has 5 heteroatoms.